The minimum Gasteiger partial charge on any atom is -0.337 e. The number of rotatable bonds is 5. The summed E-state index contributed by atoms with van der Waals surface area (Å²) >= 11 is 0. The lowest BCUT2D eigenvalue weighted by Crippen LogP contribution is -2.47. The van der Waals surface area contributed by atoms with Gasteiger partial charge in [0, 0.05) is 44.5 Å². The first-order valence-corrected chi connectivity index (χ1v) is 7.93. The van der Waals surface area contributed by atoms with Crippen LogP contribution in [-0.4, -0.2) is 42.5 Å². The van der Waals surface area contributed by atoms with Gasteiger partial charge in [0.25, 0.3) is 0 Å². The summed E-state index contributed by atoms with van der Waals surface area (Å²) in [7, 11) is 0. The van der Waals surface area contributed by atoms with Gasteiger partial charge >= 0.3 is 0 Å². The smallest absolute Gasteiger partial charge is 0.0971 e. The topological polar surface area (TPSA) is 51.8 Å². The molecule has 118 valence electrons. The van der Waals surface area contributed by atoms with Crippen LogP contribution < -0.4 is 0 Å². The maximum absolute atomic E-state index is 4.31. The first-order chi connectivity index (χ1) is 11.3. The number of aromatic nitrogens is 5. The summed E-state index contributed by atoms with van der Waals surface area (Å²) in [5.41, 5.74) is 3.32. The highest BCUT2D eigenvalue weighted by molar-refractivity contribution is 5.38. The Kier molecular flexibility index (Phi) is 3.67. The molecule has 0 spiro atoms. The summed E-state index contributed by atoms with van der Waals surface area (Å²) in [5, 5.41) is 8.58. The molecule has 0 atom stereocenters. The van der Waals surface area contributed by atoms with Gasteiger partial charge in [-0.25, -0.2) is 9.67 Å². The third kappa shape index (κ3) is 3.03. The highest BCUT2D eigenvalue weighted by Crippen LogP contribution is 2.20. The molecule has 1 aliphatic heterocycles. The molecule has 1 aromatic carbocycles. The SMILES string of the molecule is Cc1ccccc1-n1cc(CN2CC(Cn3ccnc3)C2)nn1. The highest BCUT2D eigenvalue weighted by atomic mass is 15.4. The van der Waals surface area contributed by atoms with Gasteiger partial charge in [-0.1, -0.05) is 23.4 Å². The second-order valence-electron chi connectivity index (χ2n) is 6.26. The Morgan fingerprint density at radius 1 is 1.22 bits per heavy atom. The molecule has 1 aliphatic rings. The third-order valence-electron chi connectivity index (χ3n) is 4.35. The van der Waals surface area contributed by atoms with Gasteiger partial charge in [0.15, 0.2) is 0 Å². The molecule has 3 aromatic rings. The summed E-state index contributed by atoms with van der Waals surface area (Å²) in [6.07, 6.45) is 7.78. The molecule has 4 rings (SSSR count). The zero-order chi connectivity index (χ0) is 15.6. The van der Waals surface area contributed by atoms with Crippen molar-refractivity contribution in [3.63, 3.8) is 0 Å². The number of nitrogens with zero attached hydrogens (tertiary/aromatic N) is 6. The monoisotopic (exact) mass is 308 g/mol. The highest BCUT2D eigenvalue weighted by Gasteiger charge is 2.27. The van der Waals surface area contributed by atoms with Gasteiger partial charge < -0.3 is 4.57 Å². The van der Waals surface area contributed by atoms with E-state index in [0.29, 0.717) is 5.92 Å². The molecule has 1 saturated heterocycles. The molecule has 2 aromatic heterocycles. The van der Waals surface area contributed by atoms with Crippen molar-refractivity contribution in [1.82, 2.24) is 29.4 Å². The lowest BCUT2D eigenvalue weighted by molar-refractivity contribution is 0.0790. The molecule has 0 saturated carbocycles. The molecule has 6 nitrogen and oxygen atoms in total. The number of benzene rings is 1. The van der Waals surface area contributed by atoms with Gasteiger partial charge in [-0.05, 0) is 18.6 Å². The summed E-state index contributed by atoms with van der Waals surface area (Å²) in [5.74, 6) is 0.704. The van der Waals surface area contributed by atoms with Crippen LogP contribution >= 0.6 is 0 Å². The van der Waals surface area contributed by atoms with Crippen molar-refractivity contribution < 1.29 is 0 Å². The van der Waals surface area contributed by atoms with Crippen LogP contribution in [0.4, 0.5) is 0 Å². The predicted octanol–water partition coefficient (Wildman–Crippen LogP) is 1.90. The van der Waals surface area contributed by atoms with E-state index in [4.69, 9.17) is 0 Å². The number of imidazole rings is 1. The van der Waals surface area contributed by atoms with Crippen LogP contribution in [0.25, 0.3) is 5.69 Å². The number of hydrogen-bond acceptors (Lipinski definition) is 4. The fraction of sp³-hybridized carbons (Fsp3) is 0.353. The van der Waals surface area contributed by atoms with Crippen molar-refractivity contribution in [1.29, 1.82) is 0 Å². The van der Waals surface area contributed by atoms with E-state index in [1.165, 1.54) is 5.56 Å². The van der Waals surface area contributed by atoms with E-state index in [1.807, 2.05) is 41.7 Å². The average Bonchev–Trinajstić information content (AvgIpc) is 3.17. The maximum atomic E-state index is 4.31. The third-order valence-corrected chi connectivity index (χ3v) is 4.35. The molecule has 0 N–H and O–H groups in total. The molecule has 23 heavy (non-hydrogen) atoms. The standard InChI is InChI=1S/C17H20N6/c1-14-4-2-3-5-17(14)23-12-16(19-20-23)11-22-9-15(10-22)8-21-7-6-18-13-21/h2-7,12-13,15H,8-11H2,1H3. The molecule has 3 heterocycles. The zero-order valence-electron chi connectivity index (χ0n) is 13.2. The molecule has 6 heteroatoms. The minimum absolute atomic E-state index is 0.704. The normalized spacial score (nSPS) is 15.7. The first kappa shape index (κ1) is 14.1. The van der Waals surface area contributed by atoms with Gasteiger partial charge in [0.1, 0.15) is 0 Å². The summed E-state index contributed by atoms with van der Waals surface area (Å²) in [6, 6.07) is 8.22. The molecule has 0 amide bonds. The maximum Gasteiger partial charge on any atom is 0.0971 e. The van der Waals surface area contributed by atoms with Crippen LogP contribution in [0.15, 0.2) is 49.2 Å². The molecule has 0 aliphatic carbocycles. The quantitative estimate of drug-likeness (QED) is 0.722. The van der Waals surface area contributed by atoms with E-state index in [9.17, 15) is 0 Å². The Bertz CT molecular complexity index is 770. The van der Waals surface area contributed by atoms with Crippen molar-refractivity contribution in [2.45, 2.75) is 20.0 Å². The van der Waals surface area contributed by atoms with Gasteiger partial charge in [0.05, 0.1) is 23.9 Å². The van der Waals surface area contributed by atoms with Crippen LogP contribution in [0, 0.1) is 12.8 Å². The molecule has 0 unspecified atom stereocenters. The van der Waals surface area contributed by atoms with E-state index in [0.717, 1.165) is 37.6 Å². The van der Waals surface area contributed by atoms with E-state index >= 15 is 0 Å². The van der Waals surface area contributed by atoms with E-state index in [1.54, 1.807) is 0 Å². The number of aryl methyl sites for hydroxylation is 1. The fourth-order valence-electron chi connectivity index (χ4n) is 3.15. The molecule has 1 fully saturated rings. The van der Waals surface area contributed by atoms with Crippen LogP contribution in [0.1, 0.15) is 11.3 Å². The predicted molar refractivity (Wildman–Crippen MR) is 87.1 cm³/mol. The Hall–Kier alpha value is -2.47. The number of para-hydroxylation sites is 1. The van der Waals surface area contributed by atoms with Crippen molar-refractivity contribution in [3.05, 3.63) is 60.4 Å². The van der Waals surface area contributed by atoms with Crippen LogP contribution in [-0.2, 0) is 13.1 Å². The van der Waals surface area contributed by atoms with Crippen LogP contribution in [0.5, 0.6) is 0 Å². The summed E-state index contributed by atoms with van der Waals surface area (Å²) in [4.78, 5) is 6.50. The first-order valence-electron chi connectivity index (χ1n) is 7.93. The Morgan fingerprint density at radius 3 is 2.87 bits per heavy atom. The molecule has 0 radical (unpaired) electrons. The van der Waals surface area contributed by atoms with Crippen molar-refractivity contribution in [2.24, 2.45) is 5.92 Å². The van der Waals surface area contributed by atoms with E-state index in [2.05, 4.69) is 43.8 Å². The van der Waals surface area contributed by atoms with Crippen molar-refractivity contribution in [2.75, 3.05) is 13.1 Å². The van der Waals surface area contributed by atoms with Gasteiger partial charge in [-0.15, -0.1) is 5.10 Å². The number of likely N-dealkylation sites (tertiary alicyclic amines) is 1. The minimum atomic E-state index is 0.704. The Balaban J connectivity index is 1.34. The summed E-state index contributed by atoms with van der Waals surface area (Å²) in [6.45, 7) is 6.22. The fourth-order valence-corrected chi connectivity index (χ4v) is 3.15. The van der Waals surface area contributed by atoms with Gasteiger partial charge in [-0.2, -0.15) is 0 Å². The Labute approximate surface area is 135 Å². The molecule has 0 bridgehead atoms. The largest absolute Gasteiger partial charge is 0.337 e. The van der Waals surface area contributed by atoms with E-state index in [-0.39, 0.29) is 0 Å². The summed E-state index contributed by atoms with van der Waals surface area (Å²) < 4.78 is 4.02. The van der Waals surface area contributed by atoms with Gasteiger partial charge in [-0.3, -0.25) is 4.90 Å². The Morgan fingerprint density at radius 2 is 2.09 bits per heavy atom. The lowest BCUT2D eigenvalue weighted by Gasteiger charge is -2.38. The average molecular weight is 308 g/mol. The van der Waals surface area contributed by atoms with E-state index < -0.39 is 0 Å². The van der Waals surface area contributed by atoms with Crippen LogP contribution in [0.2, 0.25) is 0 Å². The zero-order valence-corrected chi connectivity index (χ0v) is 13.2. The second kappa shape index (κ2) is 5.96. The van der Waals surface area contributed by atoms with Gasteiger partial charge in [0.2, 0.25) is 0 Å². The van der Waals surface area contributed by atoms with Crippen molar-refractivity contribution >= 4 is 0 Å². The molecular weight excluding hydrogens is 288 g/mol. The second-order valence-corrected chi connectivity index (χ2v) is 6.26. The van der Waals surface area contributed by atoms with Crippen LogP contribution in [0.3, 0.4) is 0 Å². The van der Waals surface area contributed by atoms with Crippen molar-refractivity contribution in [3.8, 4) is 5.69 Å². The molecular formula is C17H20N6. The number of hydrogen-bond donors (Lipinski definition) is 0. The lowest BCUT2D eigenvalue weighted by atomic mass is 10.00.